The minimum atomic E-state index is -0.298. The van der Waals surface area contributed by atoms with Gasteiger partial charge in [-0.2, -0.15) is 0 Å². The van der Waals surface area contributed by atoms with Crippen LogP contribution in [0.25, 0.3) is 0 Å². The van der Waals surface area contributed by atoms with Gasteiger partial charge in [-0.1, -0.05) is 19.1 Å². The third-order valence-corrected chi connectivity index (χ3v) is 5.59. The molecule has 1 aliphatic rings. The average molecular weight is 355 g/mol. The highest BCUT2D eigenvalue weighted by Crippen LogP contribution is 2.39. The molecule has 1 N–H and O–H groups in total. The molecule has 4 heteroatoms. The minimum absolute atomic E-state index is 0.0181. The summed E-state index contributed by atoms with van der Waals surface area (Å²) in [7, 11) is 1.68. The maximum atomic E-state index is 13.0. The van der Waals surface area contributed by atoms with Gasteiger partial charge in [-0.05, 0) is 79.5 Å². The summed E-state index contributed by atoms with van der Waals surface area (Å²) in [5.74, 6) is 1.51. The van der Waals surface area contributed by atoms with Crippen LogP contribution in [0.15, 0.2) is 48.5 Å². The highest BCUT2D eigenvalue weighted by Gasteiger charge is 2.29. The smallest absolute Gasteiger partial charge is 0.227 e. The third-order valence-electron chi connectivity index (χ3n) is 5.59. The quantitative estimate of drug-likeness (QED) is 0.782. The second-order valence-electron chi connectivity index (χ2n) is 7.17. The Morgan fingerprint density at radius 1 is 1.04 bits per heavy atom. The number of carbonyl (C=O) groups is 1. The molecule has 26 heavy (non-hydrogen) atoms. The van der Waals surface area contributed by atoms with E-state index in [-0.39, 0.29) is 17.6 Å². The number of anilines is 1. The number of ether oxygens (including phenoxy) is 1. The first-order chi connectivity index (χ1) is 12.6. The lowest BCUT2D eigenvalue weighted by Crippen LogP contribution is -2.29. The van der Waals surface area contributed by atoms with Gasteiger partial charge in [0.15, 0.2) is 0 Å². The van der Waals surface area contributed by atoms with E-state index in [1.54, 1.807) is 19.2 Å². The number of nitrogens with one attached hydrogen (secondary N) is 1. The molecule has 1 aliphatic carbocycles. The first-order valence-corrected chi connectivity index (χ1v) is 9.27. The zero-order valence-corrected chi connectivity index (χ0v) is 15.4. The van der Waals surface area contributed by atoms with Gasteiger partial charge in [0.2, 0.25) is 5.91 Å². The fraction of sp³-hybridized carbons (Fsp3) is 0.409. The first-order valence-electron chi connectivity index (χ1n) is 9.27. The van der Waals surface area contributed by atoms with Gasteiger partial charge in [-0.15, -0.1) is 0 Å². The number of hydrogen-bond acceptors (Lipinski definition) is 2. The molecular formula is C22H26FNO2. The van der Waals surface area contributed by atoms with E-state index in [4.69, 9.17) is 4.74 Å². The molecule has 1 atom stereocenters. The number of amides is 1. The molecular weight excluding hydrogens is 329 g/mol. The predicted molar refractivity (Wildman–Crippen MR) is 102 cm³/mol. The van der Waals surface area contributed by atoms with E-state index >= 15 is 0 Å². The highest BCUT2D eigenvalue weighted by atomic mass is 19.1. The largest absolute Gasteiger partial charge is 0.497 e. The molecule has 0 saturated heterocycles. The summed E-state index contributed by atoms with van der Waals surface area (Å²) in [6.45, 7) is 2.00. The molecule has 3 nitrogen and oxygen atoms in total. The van der Waals surface area contributed by atoms with Crippen LogP contribution < -0.4 is 10.1 Å². The van der Waals surface area contributed by atoms with E-state index in [0.717, 1.165) is 31.4 Å². The number of hydrogen-bond donors (Lipinski definition) is 1. The number of methoxy groups -OCH3 is 1. The molecule has 0 spiro atoms. The number of halogens is 1. The summed E-state index contributed by atoms with van der Waals surface area (Å²) in [6.07, 6.45) is 4.31. The van der Waals surface area contributed by atoms with Crippen LogP contribution in [0, 0.1) is 17.7 Å². The Morgan fingerprint density at radius 2 is 1.65 bits per heavy atom. The molecule has 2 aromatic rings. The van der Waals surface area contributed by atoms with Crippen molar-refractivity contribution in [2.75, 3.05) is 12.4 Å². The van der Waals surface area contributed by atoms with Crippen molar-refractivity contribution in [3.8, 4) is 5.75 Å². The van der Waals surface area contributed by atoms with E-state index in [9.17, 15) is 9.18 Å². The van der Waals surface area contributed by atoms with Crippen LogP contribution in [0.5, 0.6) is 5.75 Å². The lowest BCUT2D eigenvalue weighted by atomic mass is 9.74. The molecule has 0 radical (unpaired) electrons. The van der Waals surface area contributed by atoms with E-state index in [1.807, 2.05) is 19.1 Å². The molecule has 1 amide bonds. The molecule has 0 aliphatic heterocycles. The standard InChI is InChI=1S/C22H26FNO2/c1-15(22(25)24-20-11-9-19(23)10-12-20)16-3-5-17(6-4-16)18-7-13-21(26-2)14-8-18/h7-17H,3-6H2,1-2H3,(H,24,25). The molecule has 138 valence electrons. The monoisotopic (exact) mass is 355 g/mol. The van der Waals surface area contributed by atoms with Gasteiger partial charge in [0.25, 0.3) is 0 Å². The van der Waals surface area contributed by atoms with Crippen molar-refractivity contribution in [2.24, 2.45) is 11.8 Å². The first kappa shape index (κ1) is 18.4. The van der Waals surface area contributed by atoms with E-state index in [0.29, 0.717) is 17.5 Å². The second-order valence-corrected chi connectivity index (χ2v) is 7.17. The Morgan fingerprint density at radius 3 is 2.23 bits per heavy atom. The van der Waals surface area contributed by atoms with Gasteiger partial charge in [0.05, 0.1) is 7.11 Å². The second kappa shape index (κ2) is 8.35. The SMILES string of the molecule is COc1ccc(C2CCC(C(C)C(=O)Nc3ccc(F)cc3)CC2)cc1. The van der Waals surface area contributed by atoms with Crippen molar-refractivity contribution < 1.29 is 13.9 Å². The summed E-state index contributed by atoms with van der Waals surface area (Å²) in [5.41, 5.74) is 2.00. The van der Waals surface area contributed by atoms with Crippen molar-refractivity contribution in [1.82, 2.24) is 0 Å². The van der Waals surface area contributed by atoms with Gasteiger partial charge >= 0.3 is 0 Å². The summed E-state index contributed by atoms with van der Waals surface area (Å²) in [4.78, 5) is 12.5. The molecule has 1 unspecified atom stereocenters. The number of benzene rings is 2. The highest BCUT2D eigenvalue weighted by molar-refractivity contribution is 5.92. The lowest BCUT2D eigenvalue weighted by Gasteiger charge is -2.32. The van der Waals surface area contributed by atoms with Crippen molar-refractivity contribution in [3.63, 3.8) is 0 Å². The molecule has 3 rings (SSSR count). The van der Waals surface area contributed by atoms with Crippen molar-refractivity contribution >= 4 is 11.6 Å². The van der Waals surface area contributed by atoms with Gasteiger partial charge in [-0.25, -0.2) is 4.39 Å². The number of rotatable bonds is 5. The van der Waals surface area contributed by atoms with Crippen LogP contribution >= 0.6 is 0 Å². The predicted octanol–water partition coefficient (Wildman–Crippen LogP) is 5.38. The molecule has 1 saturated carbocycles. The van der Waals surface area contributed by atoms with Gasteiger partial charge < -0.3 is 10.1 Å². The van der Waals surface area contributed by atoms with Crippen molar-refractivity contribution in [3.05, 3.63) is 59.9 Å². The van der Waals surface area contributed by atoms with Gasteiger partial charge in [0.1, 0.15) is 11.6 Å². The van der Waals surface area contributed by atoms with Crippen LogP contribution in [-0.4, -0.2) is 13.0 Å². The normalized spacial score (nSPS) is 21.0. The maximum Gasteiger partial charge on any atom is 0.227 e. The van der Waals surface area contributed by atoms with Crippen molar-refractivity contribution in [1.29, 1.82) is 0 Å². The van der Waals surface area contributed by atoms with Crippen LogP contribution in [0.4, 0.5) is 10.1 Å². The van der Waals surface area contributed by atoms with E-state index in [1.165, 1.54) is 17.7 Å². The molecule has 1 fully saturated rings. The van der Waals surface area contributed by atoms with E-state index in [2.05, 4.69) is 17.4 Å². The van der Waals surface area contributed by atoms with Crippen LogP contribution in [0.1, 0.15) is 44.1 Å². The lowest BCUT2D eigenvalue weighted by molar-refractivity contribution is -0.121. The fourth-order valence-electron chi connectivity index (χ4n) is 3.83. The summed E-state index contributed by atoms with van der Waals surface area (Å²) in [6, 6.07) is 14.2. The maximum absolute atomic E-state index is 13.0. The van der Waals surface area contributed by atoms with E-state index < -0.39 is 0 Å². The fourth-order valence-corrected chi connectivity index (χ4v) is 3.83. The Kier molecular flexibility index (Phi) is 5.92. The molecule has 2 aromatic carbocycles. The Labute approximate surface area is 154 Å². The summed E-state index contributed by atoms with van der Waals surface area (Å²) < 4.78 is 18.2. The summed E-state index contributed by atoms with van der Waals surface area (Å²) in [5, 5.41) is 2.90. The van der Waals surface area contributed by atoms with Gasteiger partial charge in [-0.3, -0.25) is 4.79 Å². The Balaban J connectivity index is 1.53. The van der Waals surface area contributed by atoms with Gasteiger partial charge in [0, 0.05) is 11.6 Å². The van der Waals surface area contributed by atoms with Crippen molar-refractivity contribution in [2.45, 2.75) is 38.5 Å². The molecule has 0 aromatic heterocycles. The number of carbonyl (C=O) groups excluding carboxylic acids is 1. The minimum Gasteiger partial charge on any atom is -0.497 e. The third kappa shape index (κ3) is 4.43. The zero-order chi connectivity index (χ0) is 18.5. The molecule has 0 bridgehead atoms. The summed E-state index contributed by atoms with van der Waals surface area (Å²) >= 11 is 0. The van der Waals surface area contributed by atoms with Crippen LogP contribution in [0.2, 0.25) is 0 Å². The average Bonchev–Trinajstić information content (AvgIpc) is 2.69. The van der Waals surface area contributed by atoms with Crippen LogP contribution in [0.3, 0.4) is 0 Å². The Bertz CT molecular complexity index is 719. The topological polar surface area (TPSA) is 38.3 Å². The molecule has 0 heterocycles. The van der Waals surface area contributed by atoms with Crippen LogP contribution in [-0.2, 0) is 4.79 Å². The Hall–Kier alpha value is -2.36. The zero-order valence-electron chi connectivity index (χ0n) is 15.4.